The molecular formula is C26H22N6O4. The van der Waals surface area contributed by atoms with Crippen LogP contribution in [0, 0.1) is 6.92 Å². The lowest BCUT2D eigenvalue weighted by atomic mass is 10.1. The topological polar surface area (TPSA) is 116 Å². The zero-order valence-corrected chi connectivity index (χ0v) is 19.5. The van der Waals surface area contributed by atoms with Crippen molar-refractivity contribution in [2.75, 3.05) is 13.1 Å². The molecule has 3 aromatic heterocycles. The van der Waals surface area contributed by atoms with Gasteiger partial charge in [-0.2, -0.15) is 0 Å². The highest BCUT2D eigenvalue weighted by atomic mass is 16.6. The van der Waals surface area contributed by atoms with E-state index in [9.17, 15) is 14.4 Å². The lowest BCUT2D eigenvalue weighted by Gasteiger charge is -2.19. The van der Waals surface area contributed by atoms with Crippen molar-refractivity contribution in [1.82, 2.24) is 29.3 Å². The van der Waals surface area contributed by atoms with Crippen LogP contribution in [0.15, 0.2) is 68.8 Å². The Morgan fingerprint density at radius 3 is 2.50 bits per heavy atom. The first-order valence-electron chi connectivity index (χ1n) is 11.7. The van der Waals surface area contributed by atoms with Gasteiger partial charge in [0.05, 0.1) is 23.2 Å². The summed E-state index contributed by atoms with van der Waals surface area (Å²) in [5, 5.41) is 7.79. The number of para-hydroxylation sites is 1. The minimum Gasteiger partial charge on any atom is -0.339 e. The summed E-state index contributed by atoms with van der Waals surface area (Å²) in [5.74, 6) is -0.222. The first-order chi connectivity index (χ1) is 17.5. The predicted molar refractivity (Wildman–Crippen MR) is 132 cm³/mol. The number of likely N-dealkylation sites (tertiary alicyclic amines) is 1. The number of amides is 1. The van der Waals surface area contributed by atoms with Gasteiger partial charge >= 0.3 is 5.69 Å². The fourth-order valence-corrected chi connectivity index (χ4v) is 4.78. The van der Waals surface area contributed by atoms with Crippen molar-refractivity contribution < 1.29 is 9.42 Å². The van der Waals surface area contributed by atoms with E-state index in [-0.39, 0.29) is 29.0 Å². The van der Waals surface area contributed by atoms with Crippen molar-refractivity contribution in [2.45, 2.75) is 26.3 Å². The standard InChI is InChI=1S/C26H22N6O4/c1-16-13-19(24(33)30-11-5-6-12-30)22-23(27-16)32(18-7-3-2-4-8-18)26(35)31(25(22)34)15-17-9-10-20-21(14-17)29-36-28-20/h2-4,7-10,13-14H,5-6,11-12,15H2,1H3. The predicted octanol–water partition coefficient (Wildman–Crippen LogP) is 2.68. The third-order valence-corrected chi connectivity index (χ3v) is 6.52. The van der Waals surface area contributed by atoms with Crippen molar-refractivity contribution in [2.24, 2.45) is 0 Å². The Bertz CT molecular complexity index is 1750. The van der Waals surface area contributed by atoms with Crippen LogP contribution in [0.5, 0.6) is 0 Å². The third-order valence-electron chi connectivity index (χ3n) is 6.52. The van der Waals surface area contributed by atoms with E-state index >= 15 is 0 Å². The van der Waals surface area contributed by atoms with E-state index in [0.717, 1.165) is 17.4 Å². The average Bonchev–Trinajstić information content (AvgIpc) is 3.58. The van der Waals surface area contributed by atoms with Crippen molar-refractivity contribution in [3.63, 3.8) is 0 Å². The summed E-state index contributed by atoms with van der Waals surface area (Å²) in [5.41, 5.74) is 2.20. The molecule has 1 aliphatic rings. The monoisotopic (exact) mass is 482 g/mol. The number of hydrogen-bond acceptors (Lipinski definition) is 7. The molecule has 0 saturated carbocycles. The maximum absolute atomic E-state index is 13.9. The van der Waals surface area contributed by atoms with Gasteiger partial charge in [-0.3, -0.25) is 14.2 Å². The lowest BCUT2D eigenvalue weighted by Crippen LogP contribution is -2.41. The number of carbonyl (C=O) groups is 1. The Balaban J connectivity index is 1.64. The maximum Gasteiger partial charge on any atom is 0.337 e. The molecule has 0 aliphatic carbocycles. The molecule has 0 spiro atoms. The van der Waals surface area contributed by atoms with Crippen LogP contribution >= 0.6 is 0 Å². The minimum atomic E-state index is -0.560. The van der Waals surface area contributed by atoms with E-state index in [2.05, 4.69) is 15.3 Å². The summed E-state index contributed by atoms with van der Waals surface area (Å²) in [6.45, 7) is 3.01. The van der Waals surface area contributed by atoms with Crippen LogP contribution in [0.25, 0.3) is 27.8 Å². The van der Waals surface area contributed by atoms with Gasteiger partial charge in [-0.1, -0.05) is 24.3 Å². The van der Waals surface area contributed by atoms with Gasteiger partial charge < -0.3 is 4.90 Å². The second kappa shape index (κ2) is 8.56. The van der Waals surface area contributed by atoms with Crippen LogP contribution in [0.3, 0.4) is 0 Å². The molecule has 0 radical (unpaired) electrons. The molecular weight excluding hydrogens is 460 g/mol. The van der Waals surface area contributed by atoms with Gasteiger partial charge in [-0.05, 0) is 66.0 Å². The molecule has 6 rings (SSSR count). The number of pyridine rings is 1. The van der Waals surface area contributed by atoms with Crippen LogP contribution in [-0.2, 0) is 6.54 Å². The van der Waals surface area contributed by atoms with Gasteiger partial charge in [0.2, 0.25) is 0 Å². The number of aryl methyl sites for hydroxylation is 1. The van der Waals surface area contributed by atoms with Crippen LogP contribution in [0.4, 0.5) is 0 Å². The molecule has 5 aromatic rings. The van der Waals surface area contributed by atoms with Gasteiger partial charge in [-0.25, -0.2) is 19.0 Å². The second-order valence-electron chi connectivity index (χ2n) is 8.94. The molecule has 1 aliphatic heterocycles. The van der Waals surface area contributed by atoms with Crippen LogP contribution < -0.4 is 11.2 Å². The summed E-state index contributed by atoms with van der Waals surface area (Å²) >= 11 is 0. The number of benzene rings is 2. The van der Waals surface area contributed by atoms with Crippen LogP contribution in [-0.4, -0.2) is 48.3 Å². The highest BCUT2D eigenvalue weighted by Crippen LogP contribution is 2.21. The molecule has 0 atom stereocenters. The van der Waals surface area contributed by atoms with Crippen molar-refractivity contribution >= 4 is 28.0 Å². The van der Waals surface area contributed by atoms with Gasteiger partial charge in [0.1, 0.15) is 11.0 Å². The number of hydrogen-bond donors (Lipinski definition) is 0. The fourth-order valence-electron chi connectivity index (χ4n) is 4.78. The van der Waals surface area contributed by atoms with Crippen molar-refractivity contribution in [3.05, 3.63) is 92.3 Å². The Morgan fingerprint density at radius 2 is 1.72 bits per heavy atom. The molecule has 4 heterocycles. The largest absolute Gasteiger partial charge is 0.339 e. The summed E-state index contributed by atoms with van der Waals surface area (Å²) in [7, 11) is 0. The normalized spacial score (nSPS) is 13.6. The molecule has 10 nitrogen and oxygen atoms in total. The Hall–Kier alpha value is -4.60. The summed E-state index contributed by atoms with van der Waals surface area (Å²) < 4.78 is 7.31. The molecule has 0 bridgehead atoms. The van der Waals surface area contributed by atoms with E-state index in [1.54, 1.807) is 60.4 Å². The highest BCUT2D eigenvalue weighted by molar-refractivity contribution is 6.05. The molecule has 180 valence electrons. The van der Waals surface area contributed by atoms with Gasteiger partial charge in [-0.15, -0.1) is 0 Å². The SMILES string of the molecule is Cc1cc(C(=O)N2CCCC2)c2c(=O)n(Cc3ccc4nonc4c3)c(=O)n(-c3ccccc3)c2n1. The molecule has 36 heavy (non-hydrogen) atoms. The van der Waals surface area contributed by atoms with Crippen LogP contribution in [0.2, 0.25) is 0 Å². The highest BCUT2D eigenvalue weighted by Gasteiger charge is 2.26. The average molecular weight is 483 g/mol. The fraction of sp³-hybridized carbons (Fsp3) is 0.231. The first kappa shape index (κ1) is 21.9. The zero-order valence-electron chi connectivity index (χ0n) is 19.5. The van der Waals surface area contributed by atoms with Crippen LogP contribution in [0.1, 0.15) is 34.5 Å². The van der Waals surface area contributed by atoms with Gasteiger partial charge in [0.25, 0.3) is 11.5 Å². The lowest BCUT2D eigenvalue weighted by molar-refractivity contribution is 0.0794. The number of carbonyl (C=O) groups excluding carboxylic acids is 1. The van der Waals surface area contributed by atoms with E-state index in [1.165, 1.54) is 4.57 Å². The number of aromatic nitrogens is 5. The second-order valence-corrected chi connectivity index (χ2v) is 8.94. The summed E-state index contributed by atoms with van der Waals surface area (Å²) in [6, 6.07) is 15.8. The molecule has 0 N–H and O–H groups in total. The quantitative estimate of drug-likeness (QED) is 0.387. The summed E-state index contributed by atoms with van der Waals surface area (Å²) in [4.78, 5) is 47.6. The summed E-state index contributed by atoms with van der Waals surface area (Å²) in [6.07, 6.45) is 1.85. The molecule has 1 amide bonds. The van der Waals surface area contributed by atoms with E-state index < -0.39 is 11.2 Å². The van der Waals surface area contributed by atoms with Gasteiger partial charge in [0.15, 0.2) is 5.65 Å². The van der Waals surface area contributed by atoms with E-state index in [4.69, 9.17) is 4.63 Å². The first-order valence-corrected chi connectivity index (χ1v) is 11.7. The number of rotatable bonds is 4. The molecule has 2 aromatic carbocycles. The Morgan fingerprint density at radius 1 is 0.972 bits per heavy atom. The zero-order chi connectivity index (χ0) is 24.8. The molecule has 10 heteroatoms. The Kier molecular flexibility index (Phi) is 5.21. The molecule has 0 unspecified atom stereocenters. The van der Waals surface area contributed by atoms with Crippen molar-refractivity contribution in [3.8, 4) is 5.69 Å². The maximum atomic E-state index is 13.9. The van der Waals surface area contributed by atoms with E-state index in [0.29, 0.717) is 41.1 Å². The molecule has 1 saturated heterocycles. The van der Waals surface area contributed by atoms with E-state index in [1.807, 2.05) is 6.07 Å². The minimum absolute atomic E-state index is 0.0194. The molecule has 1 fully saturated rings. The number of fused-ring (bicyclic) bond motifs is 2. The smallest absolute Gasteiger partial charge is 0.337 e. The van der Waals surface area contributed by atoms with Gasteiger partial charge in [0, 0.05) is 18.8 Å². The van der Waals surface area contributed by atoms with Crippen molar-refractivity contribution in [1.29, 1.82) is 0 Å². The Labute approximate surface area is 204 Å². The third kappa shape index (κ3) is 3.58. The number of nitrogens with zero attached hydrogens (tertiary/aromatic N) is 6.